The highest BCUT2D eigenvalue weighted by Crippen LogP contribution is 2.22. The van der Waals surface area contributed by atoms with E-state index in [0.717, 1.165) is 34.1 Å². The topological polar surface area (TPSA) is 30.2 Å². The van der Waals surface area contributed by atoms with Crippen LogP contribution in [0, 0.1) is 6.92 Å². The lowest BCUT2D eigenvalue weighted by atomic mass is 10.1. The van der Waals surface area contributed by atoms with Crippen LogP contribution in [0.2, 0.25) is 0 Å². The molecule has 0 atom stereocenters. The number of hydrogen-bond donors (Lipinski definition) is 0. The van der Waals surface area contributed by atoms with Gasteiger partial charge < -0.3 is 0 Å². The molecule has 3 rings (SSSR count). The molecule has 0 bridgehead atoms. The second-order valence-electron chi connectivity index (χ2n) is 4.47. The number of fused-ring (bicyclic) bond motifs is 1. The van der Waals surface area contributed by atoms with Crippen LogP contribution in [-0.2, 0) is 6.42 Å². The van der Waals surface area contributed by atoms with Gasteiger partial charge in [-0.2, -0.15) is 5.10 Å². The minimum Gasteiger partial charge on any atom is -0.217 e. The van der Waals surface area contributed by atoms with Crippen molar-refractivity contribution in [2.45, 2.75) is 26.7 Å². The summed E-state index contributed by atoms with van der Waals surface area (Å²) in [6.45, 7) is 4.26. The number of imidazole rings is 1. The smallest absolute Gasteiger partial charge is 0.212 e. The van der Waals surface area contributed by atoms with Crippen molar-refractivity contribution in [1.82, 2.24) is 14.6 Å². The van der Waals surface area contributed by atoms with Gasteiger partial charge in [-0.1, -0.05) is 48.1 Å². The van der Waals surface area contributed by atoms with Gasteiger partial charge in [0.1, 0.15) is 5.01 Å². The summed E-state index contributed by atoms with van der Waals surface area (Å²) in [5.74, 6) is 0. The zero-order valence-electron chi connectivity index (χ0n) is 10.6. The Morgan fingerprint density at radius 2 is 2.00 bits per heavy atom. The molecular formula is C14H15N3S. The molecular weight excluding hydrogens is 242 g/mol. The van der Waals surface area contributed by atoms with Gasteiger partial charge in [-0.25, -0.2) is 9.50 Å². The Labute approximate surface area is 110 Å². The average Bonchev–Trinajstić information content (AvgIpc) is 2.88. The Morgan fingerprint density at radius 3 is 2.67 bits per heavy atom. The first kappa shape index (κ1) is 11.4. The highest BCUT2D eigenvalue weighted by atomic mass is 32.1. The van der Waals surface area contributed by atoms with Crippen LogP contribution in [0.4, 0.5) is 0 Å². The molecule has 0 aliphatic carbocycles. The lowest BCUT2D eigenvalue weighted by Crippen LogP contribution is -1.85. The fraction of sp³-hybridized carbons (Fsp3) is 0.286. The van der Waals surface area contributed by atoms with E-state index in [1.165, 1.54) is 5.56 Å². The van der Waals surface area contributed by atoms with Crippen LogP contribution in [-0.4, -0.2) is 14.6 Å². The molecule has 0 radical (unpaired) electrons. The van der Waals surface area contributed by atoms with Gasteiger partial charge in [0.2, 0.25) is 4.96 Å². The zero-order chi connectivity index (χ0) is 12.5. The molecule has 0 aliphatic rings. The predicted octanol–water partition coefficient (Wildman–Crippen LogP) is 3.72. The zero-order valence-corrected chi connectivity index (χ0v) is 11.4. The molecule has 0 amide bonds. The van der Waals surface area contributed by atoms with Crippen molar-refractivity contribution in [3.8, 4) is 11.3 Å². The first-order chi connectivity index (χ1) is 8.76. The molecule has 3 aromatic rings. The van der Waals surface area contributed by atoms with Crippen LogP contribution in [0.1, 0.15) is 23.9 Å². The van der Waals surface area contributed by atoms with Crippen LogP contribution in [0.15, 0.2) is 30.5 Å². The minimum atomic E-state index is 0.981. The van der Waals surface area contributed by atoms with Gasteiger partial charge in [0.25, 0.3) is 0 Å². The SMILES string of the molecule is CCCc1nn2cc(-c3ccc(C)cc3)nc2s1. The molecule has 2 aromatic heterocycles. The third-order valence-electron chi connectivity index (χ3n) is 2.90. The quantitative estimate of drug-likeness (QED) is 0.716. The molecule has 0 unspecified atom stereocenters. The van der Waals surface area contributed by atoms with Gasteiger partial charge in [-0.15, -0.1) is 0 Å². The van der Waals surface area contributed by atoms with E-state index < -0.39 is 0 Å². The molecule has 0 fully saturated rings. The predicted molar refractivity (Wildman–Crippen MR) is 75.0 cm³/mol. The minimum absolute atomic E-state index is 0.981. The van der Waals surface area contributed by atoms with E-state index in [1.807, 2.05) is 10.7 Å². The lowest BCUT2D eigenvalue weighted by Gasteiger charge is -1.96. The molecule has 92 valence electrons. The summed E-state index contributed by atoms with van der Waals surface area (Å²) in [4.78, 5) is 5.62. The summed E-state index contributed by atoms with van der Waals surface area (Å²) >= 11 is 1.68. The Morgan fingerprint density at radius 1 is 1.22 bits per heavy atom. The van der Waals surface area contributed by atoms with Crippen LogP contribution in [0.25, 0.3) is 16.2 Å². The Balaban J connectivity index is 1.98. The van der Waals surface area contributed by atoms with E-state index in [2.05, 4.69) is 48.2 Å². The summed E-state index contributed by atoms with van der Waals surface area (Å²) in [5.41, 5.74) is 3.41. The molecule has 4 heteroatoms. The maximum absolute atomic E-state index is 4.63. The molecule has 0 saturated carbocycles. The van der Waals surface area contributed by atoms with Crippen molar-refractivity contribution < 1.29 is 0 Å². The van der Waals surface area contributed by atoms with Gasteiger partial charge in [-0.3, -0.25) is 0 Å². The number of rotatable bonds is 3. The first-order valence-corrected chi connectivity index (χ1v) is 7.00. The Bertz CT molecular complexity index is 632. The maximum Gasteiger partial charge on any atom is 0.212 e. The third kappa shape index (κ3) is 2.04. The molecule has 0 aliphatic heterocycles. The summed E-state index contributed by atoms with van der Waals surface area (Å²) in [6.07, 6.45) is 4.17. The fourth-order valence-corrected chi connectivity index (χ4v) is 2.90. The van der Waals surface area contributed by atoms with Gasteiger partial charge in [-0.05, 0) is 13.3 Å². The van der Waals surface area contributed by atoms with Crippen LogP contribution < -0.4 is 0 Å². The molecule has 3 nitrogen and oxygen atoms in total. The first-order valence-electron chi connectivity index (χ1n) is 6.18. The van der Waals surface area contributed by atoms with Crippen molar-refractivity contribution in [2.24, 2.45) is 0 Å². The molecule has 0 saturated heterocycles. The van der Waals surface area contributed by atoms with E-state index in [4.69, 9.17) is 0 Å². The summed E-state index contributed by atoms with van der Waals surface area (Å²) < 4.78 is 1.89. The van der Waals surface area contributed by atoms with Crippen molar-refractivity contribution in [3.05, 3.63) is 41.0 Å². The van der Waals surface area contributed by atoms with Crippen LogP contribution in [0.3, 0.4) is 0 Å². The number of nitrogens with zero attached hydrogens (tertiary/aromatic N) is 3. The largest absolute Gasteiger partial charge is 0.217 e. The van der Waals surface area contributed by atoms with E-state index >= 15 is 0 Å². The fourth-order valence-electron chi connectivity index (χ4n) is 1.92. The van der Waals surface area contributed by atoms with Gasteiger partial charge in [0, 0.05) is 12.0 Å². The van der Waals surface area contributed by atoms with Crippen molar-refractivity contribution >= 4 is 16.3 Å². The van der Waals surface area contributed by atoms with Crippen LogP contribution >= 0.6 is 11.3 Å². The van der Waals surface area contributed by atoms with E-state index in [-0.39, 0.29) is 0 Å². The Hall–Kier alpha value is -1.68. The van der Waals surface area contributed by atoms with Gasteiger partial charge >= 0.3 is 0 Å². The van der Waals surface area contributed by atoms with E-state index in [1.54, 1.807) is 11.3 Å². The average molecular weight is 257 g/mol. The molecule has 1 aromatic carbocycles. The molecule has 18 heavy (non-hydrogen) atoms. The third-order valence-corrected chi connectivity index (χ3v) is 3.88. The van der Waals surface area contributed by atoms with Gasteiger partial charge in [0.15, 0.2) is 0 Å². The van der Waals surface area contributed by atoms with Gasteiger partial charge in [0.05, 0.1) is 11.9 Å². The number of hydrogen-bond acceptors (Lipinski definition) is 3. The number of aromatic nitrogens is 3. The molecule has 0 N–H and O–H groups in total. The van der Waals surface area contributed by atoms with Crippen LogP contribution in [0.5, 0.6) is 0 Å². The maximum atomic E-state index is 4.63. The monoisotopic (exact) mass is 257 g/mol. The van der Waals surface area contributed by atoms with Crippen molar-refractivity contribution in [2.75, 3.05) is 0 Å². The standard InChI is InChI=1S/C14H15N3S/c1-3-4-13-16-17-9-12(15-14(17)18-13)11-7-5-10(2)6-8-11/h5-9H,3-4H2,1-2H3. The summed E-state index contributed by atoms with van der Waals surface area (Å²) in [7, 11) is 0. The lowest BCUT2D eigenvalue weighted by molar-refractivity contribution is 0.849. The second kappa shape index (κ2) is 4.53. The van der Waals surface area contributed by atoms with Crippen molar-refractivity contribution in [3.63, 3.8) is 0 Å². The van der Waals surface area contributed by atoms with Crippen molar-refractivity contribution in [1.29, 1.82) is 0 Å². The normalized spacial score (nSPS) is 11.2. The number of aryl methyl sites for hydroxylation is 2. The molecule has 0 spiro atoms. The second-order valence-corrected chi connectivity index (χ2v) is 5.51. The highest BCUT2D eigenvalue weighted by Gasteiger charge is 2.08. The molecule has 2 heterocycles. The summed E-state index contributed by atoms with van der Waals surface area (Å²) in [6, 6.07) is 8.43. The highest BCUT2D eigenvalue weighted by molar-refractivity contribution is 7.16. The van der Waals surface area contributed by atoms with E-state index in [0.29, 0.717) is 0 Å². The van der Waals surface area contributed by atoms with E-state index in [9.17, 15) is 0 Å². The summed E-state index contributed by atoms with van der Waals surface area (Å²) in [5, 5.41) is 5.70. The Kier molecular flexibility index (Phi) is 2.88. The number of benzene rings is 1.